The first-order valence-corrected chi connectivity index (χ1v) is 8.68. The molecule has 1 aromatic heterocycles. The highest BCUT2D eigenvalue weighted by Crippen LogP contribution is 2.41. The van der Waals surface area contributed by atoms with Crippen LogP contribution in [0.3, 0.4) is 0 Å². The van der Waals surface area contributed by atoms with Crippen LogP contribution in [0, 0.1) is 5.41 Å². The van der Waals surface area contributed by atoms with E-state index in [2.05, 4.69) is 14.5 Å². The largest absolute Gasteiger partial charge is 0.438 e. The Balaban J connectivity index is 2.31. The molecule has 0 aromatic carbocycles. The van der Waals surface area contributed by atoms with Gasteiger partial charge in [0.2, 0.25) is 12.7 Å². The van der Waals surface area contributed by atoms with Crippen molar-refractivity contribution >= 4 is 19.5 Å². The van der Waals surface area contributed by atoms with E-state index in [1.165, 1.54) is 6.33 Å². The molecule has 1 rings (SSSR count). The van der Waals surface area contributed by atoms with E-state index in [-0.39, 0.29) is 19.1 Å². The van der Waals surface area contributed by atoms with Gasteiger partial charge in [-0.1, -0.05) is 0 Å². The maximum Gasteiger partial charge on any atom is 0.356 e. The van der Waals surface area contributed by atoms with Crippen LogP contribution in [0.1, 0.15) is 20.8 Å². The quantitative estimate of drug-likeness (QED) is 0.277. The highest BCUT2D eigenvalue weighted by Gasteiger charge is 2.25. The van der Waals surface area contributed by atoms with E-state index < -0.39 is 37.8 Å². The molecule has 0 amide bonds. The molecule has 1 heterocycles. The summed E-state index contributed by atoms with van der Waals surface area (Å²) < 4.78 is 27.1. The summed E-state index contributed by atoms with van der Waals surface area (Å²) in [5.74, 6) is -0.707. The van der Waals surface area contributed by atoms with Gasteiger partial charge in [-0.2, -0.15) is 4.98 Å². The third-order valence-electron chi connectivity index (χ3n) is 2.57. The van der Waals surface area contributed by atoms with Gasteiger partial charge in [0.05, 0.1) is 18.6 Å². The zero-order valence-corrected chi connectivity index (χ0v) is 14.6. The summed E-state index contributed by atoms with van der Waals surface area (Å²) in [5, 5.41) is 0. The van der Waals surface area contributed by atoms with Crippen molar-refractivity contribution in [2.75, 3.05) is 25.5 Å². The van der Waals surface area contributed by atoms with Gasteiger partial charge >= 0.3 is 19.3 Å². The molecule has 12 heteroatoms. The molecule has 24 heavy (non-hydrogen) atoms. The number of nitrogens with two attached hydrogens (primary N) is 1. The van der Waals surface area contributed by atoms with E-state index in [0.29, 0.717) is 0 Å². The van der Waals surface area contributed by atoms with Gasteiger partial charge in [-0.25, -0.2) is 9.78 Å². The highest BCUT2D eigenvalue weighted by atomic mass is 31.2. The predicted molar refractivity (Wildman–Crippen MR) is 82.8 cm³/mol. The van der Waals surface area contributed by atoms with E-state index in [1.807, 2.05) is 0 Å². The molecule has 0 bridgehead atoms. The number of ether oxygens (including phenoxy) is 2. The number of hydrogen-bond donors (Lipinski definition) is 2. The number of anilines is 1. The SMILES string of the molecule is CC(C)(C)C(=O)OCOP(=O)(O)COCCn1cnc(N)nc1=O. The molecule has 136 valence electrons. The fraction of sp³-hybridized carbons (Fsp3) is 0.667. The normalized spacial score (nSPS) is 14.2. The van der Waals surface area contributed by atoms with Crippen LogP contribution in [0.15, 0.2) is 11.1 Å². The summed E-state index contributed by atoms with van der Waals surface area (Å²) in [5.41, 5.74) is 3.89. The number of aromatic nitrogens is 3. The number of hydrogen-bond acceptors (Lipinski definition) is 9. The summed E-state index contributed by atoms with van der Waals surface area (Å²) in [6.45, 7) is 4.28. The van der Waals surface area contributed by atoms with E-state index in [9.17, 15) is 19.0 Å². The fourth-order valence-corrected chi connectivity index (χ4v) is 1.93. The second-order valence-electron chi connectivity index (χ2n) is 5.79. The maximum absolute atomic E-state index is 11.7. The molecule has 0 fully saturated rings. The Kier molecular flexibility index (Phi) is 7.03. The summed E-state index contributed by atoms with van der Waals surface area (Å²) in [6.07, 6.45) is 0.569. The molecule has 0 aliphatic rings. The van der Waals surface area contributed by atoms with E-state index >= 15 is 0 Å². The zero-order chi connectivity index (χ0) is 18.4. The fourth-order valence-electron chi connectivity index (χ4n) is 1.28. The highest BCUT2D eigenvalue weighted by molar-refractivity contribution is 7.52. The van der Waals surface area contributed by atoms with Crippen LogP contribution in [-0.4, -0.2) is 45.1 Å². The van der Waals surface area contributed by atoms with Crippen LogP contribution in [-0.2, 0) is 29.9 Å². The van der Waals surface area contributed by atoms with Crippen molar-refractivity contribution in [3.05, 3.63) is 16.8 Å². The number of carbonyl (C=O) groups is 1. The Morgan fingerprint density at radius 3 is 2.71 bits per heavy atom. The molecule has 0 saturated heterocycles. The van der Waals surface area contributed by atoms with Crippen molar-refractivity contribution in [3.8, 4) is 0 Å². The molecular formula is C12H21N4O7P. The van der Waals surface area contributed by atoms with Crippen LogP contribution in [0.5, 0.6) is 0 Å². The zero-order valence-electron chi connectivity index (χ0n) is 13.7. The van der Waals surface area contributed by atoms with Gasteiger partial charge in [-0.15, -0.1) is 0 Å². The van der Waals surface area contributed by atoms with E-state index in [4.69, 9.17) is 15.2 Å². The smallest absolute Gasteiger partial charge is 0.356 e. The minimum absolute atomic E-state index is 0.0527. The van der Waals surface area contributed by atoms with Crippen LogP contribution < -0.4 is 11.4 Å². The van der Waals surface area contributed by atoms with Crippen molar-refractivity contribution < 1.29 is 28.3 Å². The minimum atomic E-state index is -4.08. The van der Waals surface area contributed by atoms with Crippen LogP contribution >= 0.6 is 7.60 Å². The van der Waals surface area contributed by atoms with Gasteiger partial charge < -0.3 is 20.1 Å². The van der Waals surface area contributed by atoms with Gasteiger partial charge in [0.25, 0.3) is 0 Å². The molecule has 0 aliphatic carbocycles. The van der Waals surface area contributed by atoms with Crippen molar-refractivity contribution in [2.45, 2.75) is 27.3 Å². The lowest BCUT2D eigenvalue weighted by Crippen LogP contribution is -2.26. The molecular weight excluding hydrogens is 343 g/mol. The van der Waals surface area contributed by atoms with E-state index in [1.54, 1.807) is 20.8 Å². The summed E-state index contributed by atoms with van der Waals surface area (Å²) in [6, 6.07) is 0. The Morgan fingerprint density at radius 1 is 1.46 bits per heavy atom. The van der Waals surface area contributed by atoms with Gasteiger partial charge in [0, 0.05) is 0 Å². The standard InChI is InChI=1S/C12H21N4O7P/c1-12(2,3)9(17)22-7-23-24(19,20)8-21-5-4-16-6-14-10(13)15-11(16)18/h6H,4-5,7-8H2,1-3H3,(H,19,20)(H2,13,15,18). The molecule has 3 N–H and O–H groups in total. The second kappa shape index (κ2) is 8.34. The monoisotopic (exact) mass is 364 g/mol. The van der Waals surface area contributed by atoms with Crippen molar-refractivity contribution in [2.24, 2.45) is 5.41 Å². The molecule has 0 radical (unpaired) electrons. The Morgan fingerprint density at radius 2 is 2.12 bits per heavy atom. The molecule has 1 atom stereocenters. The number of nitrogen functional groups attached to an aromatic ring is 1. The van der Waals surface area contributed by atoms with Gasteiger partial charge in [-0.3, -0.25) is 18.5 Å². The van der Waals surface area contributed by atoms with Crippen molar-refractivity contribution in [3.63, 3.8) is 0 Å². The third-order valence-corrected chi connectivity index (χ3v) is 3.59. The Hall–Kier alpha value is -1.81. The van der Waals surface area contributed by atoms with Crippen LogP contribution in [0.25, 0.3) is 0 Å². The number of nitrogens with zero attached hydrogens (tertiary/aromatic N) is 3. The molecule has 1 unspecified atom stereocenters. The van der Waals surface area contributed by atoms with Gasteiger partial charge in [0.1, 0.15) is 12.7 Å². The maximum atomic E-state index is 11.7. The van der Waals surface area contributed by atoms with Crippen LogP contribution in [0.4, 0.5) is 5.95 Å². The number of esters is 1. The first-order chi connectivity index (χ1) is 11.0. The summed E-state index contributed by atoms with van der Waals surface area (Å²) in [4.78, 5) is 39.5. The lowest BCUT2D eigenvalue weighted by molar-refractivity contribution is -0.160. The Bertz CT molecular complexity index is 670. The molecule has 0 aliphatic heterocycles. The summed E-state index contributed by atoms with van der Waals surface area (Å²) in [7, 11) is -4.08. The summed E-state index contributed by atoms with van der Waals surface area (Å²) >= 11 is 0. The van der Waals surface area contributed by atoms with Crippen molar-refractivity contribution in [1.29, 1.82) is 0 Å². The molecule has 0 saturated carbocycles. The molecule has 11 nitrogen and oxygen atoms in total. The number of carbonyl (C=O) groups excluding carboxylic acids is 1. The second-order valence-corrected chi connectivity index (χ2v) is 7.59. The van der Waals surface area contributed by atoms with Crippen LogP contribution in [0.2, 0.25) is 0 Å². The van der Waals surface area contributed by atoms with E-state index in [0.717, 1.165) is 4.57 Å². The average Bonchev–Trinajstić information content (AvgIpc) is 2.44. The first kappa shape index (κ1) is 20.2. The Labute approximate surface area is 138 Å². The third kappa shape index (κ3) is 7.18. The minimum Gasteiger partial charge on any atom is -0.438 e. The molecule has 1 aromatic rings. The van der Waals surface area contributed by atoms with Crippen molar-refractivity contribution in [1.82, 2.24) is 14.5 Å². The lowest BCUT2D eigenvalue weighted by atomic mass is 9.98. The topological polar surface area (TPSA) is 156 Å². The predicted octanol–water partition coefficient (Wildman–Crippen LogP) is -0.0566. The van der Waals surface area contributed by atoms with Gasteiger partial charge in [0.15, 0.2) is 0 Å². The lowest BCUT2D eigenvalue weighted by Gasteiger charge is -2.18. The number of rotatable bonds is 8. The van der Waals surface area contributed by atoms with Gasteiger partial charge in [-0.05, 0) is 20.8 Å². The first-order valence-electron chi connectivity index (χ1n) is 6.91. The average molecular weight is 364 g/mol. The molecule has 0 spiro atoms.